The van der Waals surface area contributed by atoms with E-state index in [0.717, 1.165) is 10.5 Å². The number of alkyl halides is 2. The van der Waals surface area contributed by atoms with Crippen LogP contribution >= 0.6 is 0 Å². The molecule has 3 rings (SSSR count). The van der Waals surface area contributed by atoms with E-state index in [4.69, 9.17) is 4.74 Å². The molecule has 2 aliphatic rings. The van der Waals surface area contributed by atoms with Crippen LogP contribution in [0.5, 0.6) is 0 Å². The van der Waals surface area contributed by atoms with Gasteiger partial charge >= 0.3 is 6.09 Å². The molecule has 1 saturated heterocycles. The first kappa shape index (κ1) is 18.5. The number of benzene rings is 1. The number of rotatable bonds is 5. The van der Waals surface area contributed by atoms with Gasteiger partial charge in [-0.3, -0.25) is 9.79 Å². The molecule has 2 amide bonds. The van der Waals surface area contributed by atoms with E-state index in [0.29, 0.717) is 6.42 Å². The first-order valence-electron chi connectivity index (χ1n) is 8.79. The molecule has 1 aromatic carbocycles. The number of aliphatic imine (C=N–C) groups is 1. The van der Waals surface area contributed by atoms with Gasteiger partial charge in [-0.05, 0) is 37.5 Å². The van der Waals surface area contributed by atoms with Crippen molar-refractivity contribution < 1.29 is 23.1 Å². The van der Waals surface area contributed by atoms with Crippen LogP contribution in [0.2, 0.25) is 0 Å². The van der Waals surface area contributed by atoms with E-state index in [1.807, 2.05) is 30.3 Å². The zero-order valence-electron chi connectivity index (χ0n) is 14.4. The fraction of sp³-hybridized carbons (Fsp3) is 0.526. The molecule has 2 atom stereocenters. The van der Waals surface area contributed by atoms with E-state index in [-0.39, 0.29) is 38.2 Å². The van der Waals surface area contributed by atoms with Gasteiger partial charge in [-0.2, -0.15) is 0 Å². The quantitative estimate of drug-likeness (QED) is 0.752. The smallest absolute Gasteiger partial charge is 0.417 e. The van der Waals surface area contributed by atoms with E-state index in [1.54, 1.807) is 0 Å². The summed E-state index contributed by atoms with van der Waals surface area (Å²) in [5.74, 6) is -3.52. The van der Waals surface area contributed by atoms with Gasteiger partial charge in [0.1, 0.15) is 12.6 Å². The van der Waals surface area contributed by atoms with E-state index in [9.17, 15) is 18.4 Å². The van der Waals surface area contributed by atoms with Gasteiger partial charge in [0.15, 0.2) is 0 Å². The molecule has 1 aliphatic heterocycles. The highest BCUT2D eigenvalue weighted by atomic mass is 19.3. The molecule has 1 aliphatic carbocycles. The second-order valence-corrected chi connectivity index (χ2v) is 6.95. The Labute approximate surface area is 151 Å². The monoisotopic (exact) mass is 364 g/mol. The van der Waals surface area contributed by atoms with Gasteiger partial charge in [-0.25, -0.2) is 18.5 Å². The van der Waals surface area contributed by atoms with Gasteiger partial charge in [-0.15, -0.1) is 0 Å². The summed E-state index contributed by atoms with van der Waals surface area (Å²) in [6.07, 6.45) is -0.386. The molecule has 2 fully saturated rings. The van der Waals surface area contributed by atoms with Crippen LogP contribution in [-0.4, -0.2) is 48.2 Å². The molecular formula is C19H22F2N2O3. The number of carbonyl (C=O) groups is 2. The van der Waals surface area contributed by atoms with Crippen LogP contribution < -0.4 is 0 Å². The summed E-state index contributed by atoms with van der Waals surface area (Å²) in [5.41, 5.74) is 0.981. The Morgan fingerprint density at radius 1 is 1.31 bits per heavy atom. The topological polar surface area (TPSA) is 59.0 Å². The number of hydrogen-bond donors (Lipinski definition) is 0. The molecule has 0 N–H and O–H groups in total. The fourth-order valence-electron chi connectivity index (χ4n) is 3.72. The fourth-order valence-corrected chi connectivity index (χ4v) is 3.72. The third-order valence-electron chi connectivity index (χ3n) is 5.17. The molecule has 5 nitrogen and oxygen atoms in total. The minimum Gasteiger partial charge on any atom is -0.447 e. The van der Waals surface area contributed by atoms with E-state index in [2.05, 4.69) is 11.7 Å². The number of hydrogen-bond acceptors (Lipinski definition) is 4. The SMILES string of the molecule is C=N[C@H](C(=O)N1C(=O)OC[C@@H]1Cc1ccccc1)C1CCC(F)(F)CC1. The number of halogens is 2. The van der Waals surface area contributed by atoms with Crippen LogP contribution in [0.1, 0.15) is 31.2 Å². The van der Waals surface area contributed by atoms with Gasteiger partial charge in [-0.1, -0.05) is 30.3 Å². The van der Waals surface area contributed by atoms with Gasteiger partial charge in [0.25, 0.3) is 5.91 Å². The van der Waals surface area contributed by atoms with Crippen LogP contribution in [0.25, 0.3) is 0 Å². The molecular weight excluding hydrogens is 342 g/mol. The minimum atomic E-state index is -2.69. The van der Waals surface area contributed by atoms with Crippen LogP contribution in [0.15, 0.2) is 35.3 Å². The molecule has 1 aromatic rings. The van der Waals surface area contributed by atoms with Crippen LogP contribution in [-0.2, 0) is 16.0 Å². The van der Waals surface area contributed by atoms with E-state index < -0.39 is 30.0 Å². The zero-order valence-corrected chi connectivity index (χ0v) is 14.4. The number of carbonyl (C=O) groups excluding carboxylic acids is 2. The average molecular weight is 364 g/mol. The van der Waals surface area contributed by atoms with Crippen molar-refractivity contribution >= 4 is 18.7 Å². The van der Waals surface area contributed by atoms with Gasteiger partial charge in [0.05, 0.1) is 6.04 Å². The average Bonchev–Trinajstić information content (AvgIpc) is 2.98. The summed E-state index contributed by atoms with van der Waals surface area (Å²) in [5, 5.41) is 0. The first-order chi connectivity index (χ1) is 12.4. The lowest BCUT2D eigenvalue weighted by Crippen LogP contribution is -2.48. The molecule has 26 heavy (non-hydrogen) atoms. The number of imide groups is 1. The lowest BCUT2D eigenvalue weighted by Gasteiger charge is -2.33. The maximum atomic E-state index is 13.4. The summed E-state index contributed by atoms with van der Waals surface area (Å²) < 4.78 is 31.9. The summed E-state index contributed by atoms with van der Waals surface area (Å²) in [6, 6.07) is 8.17. The van der Waals surface area contributed by atoms with E-state index >= 15 is 0 Å². The molecule has 0 aromatic heterocycles. The summed E-state index contributed by atoms with van der Waals surface area (Å²) >= 11 is 0. The second kappa shape index (κ2) is 7.51. The lowest BCUT2D eigenvalue weighted by molar-refractivity contribution is -0.133. The highest BCUT2D eigenvalue weighted by Crippen LogP contribution is 2.38. The van der Waals surface area contributed by atoms with Gasteiger partial charge in [0.2, 0.25) is 5.92 Å². The predicted octanol–water partition coefficient (Wildman–Crippen LogP) is 3.47. The van der Waals surface area contributed by atoms with Crippen LogP contribution in [0, 0.1) is 5.92 Å². The Bertz CT molecular complexity index is 671. The zero-order chi connectivity index (χ0) is 18.7. The Morgan fingerprint density at radius 3 is 2.58 bits per heavy atom. The molecule has 1 saturated carbocycles. The maximum absolute atomic E-state index is 13.4. The van der Waals surface area contributed by atoms with Gasteiger partial charge in [0, 0.05) is 12.8 Å². The van der Waals surface area contributed by atoms with Crippen molar-refractivity contribution in [3.05, 3.63) is 35.9 Å². The molecule has 140 valence electrons. The van der Waals surface area contributed by atoms with Crippen molar-refractivity contribution in [1.29, 1.82) is 0 Å². The summed E-state index contributed by atoms with van der Waals surface area (Å²) in [7, 11) is 0. The largest absolute Gasteiger partial charge is 0.447 e. The normalized spacial score (nSPS) is 24.2. The van der Waals surface area contributed by atoms with Gasteiger partial charge < -0.3 is 4.74 Å². The van der Waals surface area contributed by atoms with Crippen LogP contribution in [0.3, 0.4) is 0 Å². The first-order valence-corrected chi connectivity index (χ1v) is 8.79. The van der Waals surface area contributed by atoms with E-state index in [1.165, 1.54) is 0 Å². The van der Waals surface area contributed by atoms with Crippen molar-refractivity contribution in [3.8, 4) is 0 Å². The third kappa shape index (κ3) is 3.92. The van der Waals surface area contributed by atoms with Crippen molar-refractivity contribution in [1.82, 2.24) is 4.90 Å². The molecule has 1 heterocycles. The van der Waals surface area contributed by atoms with Crippen molar-refractivity contribution in [2.75, 3.05) is 6.61 Å². The molecule has 0 spiro atoms. The summed E-state index contributed by atoms with van der Waals surface area (Å²) in [4.78, 5) is 30.1. The Kier molecular flexibility index (Phi) is 5.34. The summed E-state index contributed by atoms with van der Waals surface area (Å²) in [6.45, 7) is 3.58. The number of cyclic esters (lactones) is 1. The van der Waals surface area contributed by atoms with Crippen LogP contribution in [0.4, 0.5) is 13.6 Å². The highest BCUT2D eigenvalue weighted by Gasteiger charge is 2.45. The number of ether oxygens (including phenoxy) is 1. The molecule has 0 radical (unpaired) electrons. The molecule has 0 unspecified atom stereocenters. The number of amides is 2. The Balaban J connectivity index is 1.72. The minimum absolute atomic E-state index is 0.117. The van der Waals surface area contributed by atoms with Crippen molar-refractivity contribution in [2.45, 2.75) is 50.1 Å². The Hall–Kier alpha value is -2.31. The number of nitrogens with zero attached hydrogens (tertiary/aromatic N) is 2. The maximum Gasteiger partial charge on any atom is 0.417 e. The molecule has 0 bridgehead atoms. The third-order valence-corrected chi connectivity index (χ3v) is 5.17. The molecule has 7 heteroatoms. The lowest BCUT2D eigenvalue weighted by atomic mass is 9.81. The highest BCUT2D eigenvalue weighted by molar-refractivity contribution is 5.97. The van der Waals surface area contributed by atoms with Crippen molar-refractivity contribution in [2.24, 2.45) is 10.9 Å². The standard InChI is InChI=1S/C19H22F2N2O3/c1-22-16(14-7-9-19(20,21)10-8-14)17(24)23-15(12-26-18(23)25)11-13-5-3-2-4-6-13/h2-6,14-16H,1,7-12H2/t15-,16-/m0/s1. The predicted molar refractivity (Wildman–Crippen MR) is 92.4 cm³/mol. The second-order valence-electron chi connectivity index (χ2n) is 6.95. The Morgan fingerprint density at radius 2 is 1.96 bits per heavy atom. The van der Waals surface area contributed by atoms with Crippen molar-refractivity contribution in [3.63, 3.8) is 0 Å².